The number of nitro groups is 1. The standard InChI is InChI=1S/C17H14F2N2O3/c1-11(15-8-5-13(18)10-16(15)19)20-17(22)9-4-12-2-6-14(7-3-12)21(23)24/h2-11H,1H3,(H,20,22)/b9-4+. The average molecular weight is 332 g/mol. The van der Waals surface area contributed by atoms with Crippen molar-refractivity contribution < 1.29 is 18.5 Å². The van der Waals surface area contributed by atoms with Crippen LogP contribution >= 0.6 is 0 Å². The number of nitro benzene ring substituents is 1. The summed E-state index contributed by atoms with van der Waals surface area (Å²) in [5.74, 6) is -1.89. The van der Waals surface area contributed by atoms with Crippen molar-refractivity contribution >= 4 is 17.7 Å². The van der Waals surface area contributed by atoms with Gasteiger partial charge >= 0.3 is 0 Å². The second-order valence-corrected chi connectivity index (χ2v) is 5.08. The van der Waals surface area contributed by atoms with Crippen molar-refractivity contribution in [1.82, 2.24) is 5.32 Å². The summed E-state index contributed by atoms with van der Waals surface area (Å²) in [6.45, 7) is 1.58. The van der Waals surface area contributed by atoms with Crippen molar-refractivity contribution in [3.8, 4) is 0 Å². The van der Waals surface area contributed by atoms with E-state index in [1.54, 1.807) is 6.92 Å². The normalized spacial score (nSPS) is 12.1. The molecule has 0 aliphatic carbocycles. The van der Waals surface area contributed by atoms with Crippen molar-refractivity contribution in [1.29, 1.82) is 0 Å². The van der Waals surface area contributed by atoms with Crippen molar-refractivity contribution in [2.24, 2.45) is 0 Å². The molecule has 0 fully saturated rings. The molecule has 2 aromatic rings. The quantitative estimate of drug-likeness (QED) is 0.515. The molecule has 0 saturated carbocycles. The molecular weight excluding hydrogens is 318 g/mol. The first-order valence-electron chi connectivity index (χ1n) is 7.05. The molecule has 1 unspecified atom stereocenters. The van der Waals surface area contributed by atoms with Gasteiger partial charge in [0.25, 0.3) is 5.69 Å². The van der Waals surface area contributed by atoms with Crippen LogP contribution < -0.4 is 5.32 Å². The highest BCUT2D eigenvalue weighted by Crippen LogP contribution is 2.18. The van der Waals surface area contributed by atoms with Crippen LogP contribution in [-0.2, 0) is 4.79 Å². The lowest BCUT2D eigenvalue weighted by molar-refractivity contribution is -0.384. The van der Waals surface area contributed by atoms with Gasteiger partial charge in [-0.3, -0.25) is 14.9 Å². The van der Waals surface area contributed by atoms with Gasteiger partial charge in [0.05, 0.1) is 11.0 Å². The maximum absolute atomic E-state index is 13.6. The van der Waals surface area contributed by atoms with Crippen LogP contribution in [0.2, 0.25) is 0 Å². The molecule has 0 bridgehead atoms. The van der Waals surface area contributed by atoms with Crippen LogP contribution in [0.4, 0.5) is 14.5 Å². The average Bonchev–Trinajstić information content (AvgIpc) is 2.53. The SMILES string of the molecule is CC(NC(=O)/C=C/c1ccc([N+](=O)[O-])cc1)c1ccc(F)cc1F. The van der Waals surface area contributed by atoms with Gasteiger partial charge in [-0.1, -0.05) is 6.07 Å². The first-order chi connectivity index (χ1) is 11.4. The van der Waals surface area contributed by atoms with Gasteiger partial charge in [0.1, 0.15) is 11.6 Å². The Hall–Kier alpha value is -3.09. The van der Waals surface area contributed by atoms with Crippen LogP contribution in [0.1, 0.15) is 24.1 Å². The molecule has 1 N–H and O–H groups in total. The van der Waals surface area contributed by atoms with Crippen LogP contribution in [0.3, 0.4) is 0 Å². The fourth-order valence-corrected chi connectivity index (χ4v) is 2.07. The van der Waals surface area contributed by atoms with E-state index < -0.39 is 28.5 Å². The Morgan fingerprint density at radius 2 is 1.88 bits per heavy atom. The molecular formula is C17H14F2N2O3. The summed E-state index contributed by atoms with van der Waals surface area (Å²) in [5.41, 5.74) is 0.738. The third-order valence-corrected chi connectivity index (χ3v) is 3.32. The number of hydrogen-bond donors (Lipinski definition) is 1. The van der Waals surface area contributed by atoms with Crippen LogP contribution in [0.5, 0.6) is 0 Å². The Labute approximate surface area is 136 Å². The van der Waals surface area contributed by atoms with Crippen molar-refractivity contribution in [3.05, 3.63) is 81.4 Å². The monoisotopic (exact) mass is 332 g/mol. The van der Waals surface area contributed by atoms with Gasteiger partial charge in [0.2, 0.25) is 5.91 Å². The highest BCUT2D eigenvalue weighted by Gasteiger charge is 2.13. The van der Waals surface area contributed by atoms with Crippen LogP contribution in [0, 0.1) is 21.7 Å². The number of non-ortho nitro benzene ring substituents is 1. The lowest BCUT2D eigenvalue weighted by Crippen LogP contribution is -2.25. The number of nitrogens with one attached hydrogen (secondary N) is 1. The molecule has 24 heavy (non-hydrogen) atoms. The highest BCUT2D eigenvalue weighted by molar-refractivity contribution is 5.92. The number of rotatable bonds is 5. The molecule has 0 heterocycles. The summed E-state index contributed by atoms with van der Waals surface area (Å²) < 4.78 is 26.5. The van der Waals surface area contributed by atoms with Gasteiger partial charge in [-0.2, -0.15) is 0 Å². The molecule has 2 rings (SSSR count). The molecule has 2 aromatic carbocycles. The summed E-state index contributed by atoms with van der Waals surface area (Å²) in [5, 5.41) is 13.1. The predicted molar refractivity (Wildman–Crippen MR) is 85.0 cm³/mol. The predicted octanol–water partition coefficient (Wildman–Crippen LogP) is 3.76. The molecule has 7 heteroatoms. The van der Waals surface area contributed by atoms with E-state index in [4.69, 9.17) is 0 Å². The van der Waals surface area contributed by atoms with E-state index in [0.717, 1.165) is 12.1 Å². The van der Waals surface area contributed by atoms with E-state index >= 15 is 0 Å². The highest BCUT2D eigenvalue weighted by atomic mass is 19.1. The minimum atomic E-state index is -0.734. The Morgan fingerprint density at radius 1 is 1.21 bits per heavy atom. The largest absolute Gasteiger partial charge is 0.346 e. The molecule has 124 valence electrons. The van der Waals surface area contributed by atoms with Crippen molar-refractivity contribution in [2.75, 3.05) is 0 Å². The fourth-order valence-electron chi connectivity index (χ4n) is 2.07. The van der Waals surface area contributed by atoms with E-state index in [9.17, 15) is 23.7 Å². The summed E-state index contributed by atoms with van der Waals surface area (Å²) in [6, 6.07) is 8.17. The van der Waals surface area contributed by atoms with Gasteiger partial charge < -0.3 is 5.32 Å². The Balaban J connectivity index is 2.00. The first kappa shape index (κ1) is 17.3. The number of hydrogen-bond acceptors (Lipinski definition) is 3. The van der Waals surface area contributed by atoms with Gasteiger partial charge in [-0.05, 0) is 36.8 Å². The molecule has 1 atom stereocenters. The number of carbonyl (C=O) groups excluding carboxylic acids is 1. The second kappa shape index (κ2) is 7.45. The van der Waals surface area contributed by atoms with E-state index in [1.165, 1.54) is 42.5 Å². The zero-order valence-corrected chi connectivity index (χ0v) is 12.7. The maximum Gasteiger partial charge on any atom is 0.269 e. The zero-order chi connectivity index (χ0) is 17.7. The van der Waals surface area contributed by atoms with Crippen LogP contribution in [0.25, 0.3) is 6.08 Å². The summed E-state index contributed by atoms with van der Waals surface area (Å²) in [7, 11) is 0. The van der Waals surface area contributed by atoms with Crippen LogP contribution in [-0.4, -0.2) is 10.8 Å². The molecule has 0 aliphatic heterocycles. The summed E-state index contributed by atoms with van der Waals surface area (Å²) in [4.78, 5) is 21.9. The van der Waals surface area contributed by atoms with Crippen molar-refractivity contribution in [2.45, 2.75) is 13.0 Å². The molecule has 0 aliphatic rings. The zero-order valence-electron chi connectivity index (χ0n) is 12.7. The smallest absolute Gasteiger partial charge is 0.269 e. The number of halogens is 2. The topological polar surface area (TPSA) is 72.2 Å². The van der Waals surface area contributed by atoms with Crippen LogP contribution in [0.15, 0.2) is 48.5 Å². The minimum Gasteiger partial charge on any atom is -0.346 e. The van der Waals surface area contributed by atoms with E-state index in [1.807, 2.05) is 0 Å². The summed E-state index contributed by atoms with van der Waals surface area (Å²) in [6.07, 6.45) is 2.71. The maximum atomic E-state index is 13.6. The molecule has 0 spiro atoms. The molecule has 0 saturated heterocycles. The second-order valence-electron chi connectivity index (χ2n) is 5.08. The number of amides is 1. The molecule has 5 nitrogen and oxygen atoms in total. The van der Waals surface area contributed by atoms with E-state index in [-0.39, 0.29) is 11.3 Å². The van der Waals surface area contributed by atoms with E-state index in [2.05, 4.69) is 5.32 Å². The fraction of sp³-hybridized carbons (Fsp3) is 0.118. The third-order valence-electron chi connectivity index (χ3n) is 3.32. The third kappa shape index (κ3) is 4.45. The van der Waals surface area contributed by atoms with Gasteiger partial charge in [0.15, 0.2) is 0 Å². The first-order valence-corrected chi connectivity index (χ1v) is 7.05. The summed E-state index contributed by atoms with van der Waals surface area (Å²) >= 11 is 0. The molecule has 0 aromatic heterocycles. The Morgan fingerprint density at radius 3 is 2.46 bits per heavy atom. The number of benzene rings is 2. The molecule has 0 radical (unpaired) electrons. The van der Waals surface area contributed by atoms with Gasteiger partial charge in [-0.25, -0.2) is 8.78 Å². The Kier molecular flexibility index (Phi) is 5.36. The minimum absolute atomic E-state index is 0.0444. The molecule has 1 amide bonds. The van der Waals surface area contributed by atoms with Gasteiger partial charge in [-0.15, -0.1) is 0 Å². The lowest BCUT2D eigenvalue weighted by atomic mass is 10.1. The van der Waals surface area contributed by atoms with Gasteiger partial charge in [0, 0.05) is 29.8 Å². The number of nitrogens with zero attached hydrogens (tertiary/aromatic N) is 1. The lowest BCUT2D eigenvalue weighted by Gasteiger charge is -2.13. The number of carbonyl (C=O) groups is 1. The van der Waals surface area contributed by atoms with E-state index in [0.29, 0.717) is 5.56 Å². The van der Waals surface area contributed by atoms with Crippen molar-refractivity contribution in [3.63, 3.8) is 0 Å². The Bertz CT molecular complexity index is 789.